The molecule has 0 aliphatic rings. The van der Waals surface area contributed by atoms with E-state index < -0.39 is 17.5 Å². The van der Waals surface area contributed by atoms with Gasteiger partial charge in [0.15, 0.2) is 5.60 Å². The van der Waals surface area contributed by atoms with Crippen LogP contribution in [0.5, 0.6) is 0 Å². The number of fused-ring (bicyclic) bond motifs is 1. The first-order valence-electron chi connectivity index (χ1n) is 6.94. The van der Waals surface area contributed by atoms with Crippen molar-refractivity contribution in [3.63, 3.8) is 0 Å². The van der Waals surface area contributed by atoms with Gasteiger partial charge in [-0.2, -0.15) is 0 Å². The molecule has 0 amide bonds. The lowest BCUT2D eigenvalue weighted by Crippen LogP contribution is -2.43. The van der Waals surface area contributed by atoms with E-state index in [4.69, 9.17) is 0 Å². The Morgan fingerprint density at radius 2 is 1.85 bits per heavy atom. The van der Waals surface area contributed by atoms with Gasteiger partial charge in [-0.25, -0.2) is 4.79 Å². The highest BCUT2D eigenvalue weighted by Crippen LogP contribution is 2.35. The van der Waals surface area contributed by atoms with E-state index in [-0.39, 0.29) is 6.42 Å². The molecule has 3 heteroatoms. The average molecular weight is 272 g/mol. The first kappa shape index (κ1) is 14.5. The highest BCUT2D eigenvalue weighted by molar-refractivity contribution is 5.88. The van der Waals surface area contributed by atoms with Gasteiger partial charge in [0, 0.05) is 5.92 Å². The fraction of sp³-hybridized carbons (Fsp3) is 0.353. The number of carboxylic acids is 1. The fourth-order valence-corrected chi connectivity index (χ4v) is 2.78. The van der Waals surface area contributed by atoms with Crippen LogP contribution in [-0.2, 0) is 4.79 Å². The van der Waals surface area contributed by atoms with Crippen molar-refractivity contribution < 1.29 is 15.0 Å². The normalized spacial score (nSPS) is 15.8. The van der Waals surface area contributed by atoms with Gasteiger partial charge >= 0.3 is 5.97 Å². The Morgan fingerprint density at radius 1 is 1.20 bits per heavy atom. The number of hydrogen-bond acceptors (Lipinski definition) is 2. The summed E-state index contributed by atoms with van der Waals surface area (Å²) in [6.45, 7) is 3.66. The van der Waals surface area contributed by atoms with Gasteiger partial charge in [-0.15, -0.1) is 0 Å². The minimum absolute atomic E-state index is 0.243. The Balaban J connectivity index is 2.55. The molecule has 0 bridgehead atoms. The molecule has 0 saturated carbocycles. The number of aliphatic carboxylic acids is 1. The Morgan fingerprint density at radius 3 is 2.50 bits per heavy atom. The Bertz CT molecular complexity index is 615. The first-order chi connectivity index (χ1) is 9.50. The standard InChI is InChI=1S/C17H20O3/c1-3-11-17(20,16(18)19)12(2)14-10-6-8-13-7-4-5-9-15(13)14/h4-10,12,20H,3,11H2,1-2H3,(H,18,19). The number of aliphatic hydroxyl groups is 1. The maximum atomic E-state index is 11.5. The van der Waals surface area contributed by atoms with Crippen LogP contribution in [-0.4, -0.2) is 21.8 Å². The van der Waals surface area contributed by atoms with E-state index >= 15 is 0 Å². The molecule has 0 aliphatic heterocycles. The van der Waals surface area contributed by atoms with Gasteiger partial charge in [-0.05, 0) is 22.8 Å². The summed E-state index contributed by atoms with van der Waals surface area (Å²) in [5, 5.41) is 22.0. The van der Waals surface area contributed by atoms with Crippen LogP contribution in [0.3, 0.4) is 0 Å². The van der Waals surface area contributed by atoms with Gasteiger partial charge in [0.1, 0.15) is 0 Å². The van der Waals surface area contributed by atoms with Gasteiger partial charge < -0.3 is 10.2 Å². The largest absolute Gasteiger partial charge is 0.479 e. The molecule has 2 atom stereocenters. The Hall–Kier alpha value is -1.87. The maximum absolute atomic E-state index is 11.5. The second-order valence-corrected chi connectivity index (χ2v) is 5.27. The number of carbonyl (C=O) groups is 1. The molecule has 0 spiro atoms. The molecule has 2 aromatic carbocycles. The first-order valence-corrected chi connectivity index (χ1v) is 6.94. The van der Waals surface area contributed by atoms with Gasteiger partial charge in [0.25, 0.3) is 0 Å². The van der Waals surface area contributed by atoms with Crippen LogP contribution in [0.25, 0.3) is 10.8 Å². The predicted octanol–water partition coefficient (Wildman–Crippen LogP) is 3.56. The zero-order valence-electron chi connectivity index (χ0n) is 11.8. The topological polar surface area (TPSA) is 57.5 Å². The summed E-state index contributed by atoms with van der Waals surface area (Å²) >= 11 is 0. The number of carboxylic acid groups (broad SMARTS) is 1. The minimum atomic E-state index is -1.72. The summed E-state index contributed by atoms with van der Waals surface area (Å²) in [5.74, 6) is -1.62. The molecule has 0 saturated heterocycles. The van der Waals surface area contributed by atoms with Crippen LogP contribution in [0.4, 0.5) is 0 Å². The zero-order chi connectivity index (χ0) is 14.8. The molecule has 2 unspecified atom stereocenters. The van der Waals surface area contributed by atoms with Crippen LogP contribution in [0.15, 0.2) is 42.5 Å². The molecule has 0 aliphatic carbocycles. The third kappa shape index (κ3) is 2.41. The van der Waals surface area contributed by atoms with E-state index in [1.54, 1.807) is 6.92 Å². The number of benzene rings is 2. The second kappa shape index (κ2) is 5.63. The van der Waals surface area contributed by atoms with E-state index in [2.05, 4.69) is 0 Å². The van der Waals surface area contributed by atoms with Crippen molar-refractivity contribution in [2.75, 3.05) is 0 Å². The van der Waals surface area contributed by atoms with Crippen LogP contribution in [0.1, 0.15) is 38.2 Å². The molecule has 0 fully saturated rings. The summed E-state index contributed by atoms with van der Waals surface area (Å²) in [4.78, 5) is 11.5. The lowest BCUT2D eigenvalue weighted by Gasteiger charge is -2.30. The van der Waals surface area contributed by atoms with Gasteiger partial charge in [-0.3, -0.25) is 0 Å². The summed E-state index contributed by atoms with van der Waals surface area (Å²) in [6, 6.07) is 13.6. The Labute approximate surface area is 118 Å². The average Bonchev–Trinajstić information content (AvgIpc) is 2.46. The lowest BCUT2D eigenvalue weighted by molar-refractivity contribution is -0.161. The quantitative estimate of drug-likeness (QED) is 0.875. The molecule has 2 aromatic rings. The summed E-state index contributed by atoms with van der Waals surface area (Å²) < 4.78 is 0. The van der Waals surface area contributed by atoms with Crippen molar-refractivity contribution in [2.24, 2.45) is 0 Å². The molecule has 20 heavy (non-hydrogen) atoms. The van der Waals surface area contributed by atoms with Crippen LogP contribution in [0, 0.1) is 0 Å². The monoisotopic (exact) mass is 272 g/mol. The number of hydrogen-bond donors (Lipinski definition) is 2. The molecular weight excluding hydrogens is 252 g/mol. The molecular formula is C17H20O3. The zero-order valence-corrected chi connectivity index (χ0v) is 11.8. The molecule has 0 heterocycles. The molecule has 106 valence electrons. The van der Waals surface area contributed by atoms with Gasteiger partial charge in [-0.1, -0.05) is 62.7 Å². The van der Waals surface area contributed by atoms with Crippen molar-refractivity contribution in [2.45, 2.75) is 38.2 Å². The molecule has 0 aromatic heterocycles. The van der Waals surface area contributed by atoms with Gasteiger partial charge in [0.05, 0.1) is 0 Å². The second-order valence-electron chi connectivity index (χ2n) is 5.27. The lowest BCUT2D eigenvalue weighted by atomic mass is 9.79. The van der Waals surface area contributed by atoms with Crippen molar-refractivity contribution in [1.29, 1.82) is 0 Å². The summed E-state index contributed by atoms with van der Waals surface area (Å²) in [7, 11) is 0. The van der Waals surface area contributed by atoms with Crippen molar-refractivity contribution in [1.82, 2.24) is 0 Å². The molecule has 0 radical (unpaired) electrons. The molecule has 3 nitrogen and oxygen atoms in total. The third-order valence-corrected chi connectivity index (χ3v) is 4.01. The SMILES string of the molecule is CCCC(O)(C(=O)O)C(C)c1cccc2ccccc12. The molecule has 2 N–H and O–H groups in total. The van der Waals surface area contributed by atoms with E-state index in [1.165, 1.54) is 0 Å². The summed E-state index contributed by atoms with van der Waals surface area (Å²) in [6.07, 6.45) is 0.866. The van der Waals surface area contributed by atoms with Crippen LogP contribution >= 0.6 is 0 Å². The predicted molar refractivity (Wildman–Crippen MR) is 79.9 cm³/mol. The van der Waals surface area contributed by atoms with Crippen LogP contribution in [0.2, 0.25) is 0 Å². The highest BCUT2D eigenvalue weighted by Gasteiger charge is 2.41. The third-order valence-electron chi connectivity index (χ3n) is 4.01. The van der Waals surface area contributed by atoms with Crippen molar-refractivity contribution >= 4 is 16.7 Å². The van der Waals surface area contributed by atoms with E-state index in [0.717, 1.165) is 16.3 Å². The minimum Gasteiger partial charge on any atom is -0.479 e. The Kier molecular flexibility index (Phi) is 4.09. The fourth-order valence-electron chi connectivity index (χ4n) is 2.78. The van der Waals surface area contributed by atoms with E-state index in [0.29, 0.717) is 6.42 Å². The summed E-state index contributed by atoms with van der Waals surface area (Å²) in [5.41, 5.74) is -0.847. The molecule has 2 rings (SSSR count). The van der Waals surface area contributed by atoms with E-state index in [9.17, 15) is 15.0 Å². The van der Waals surface area contributed by atoms with Crippen LogP contribution < -0.4 is 0 Å². The van der Waals surface area contributed by atoms with E-state index in [1.807, 2.05) is 49.4 Å². The maximum Gasteiger partial charge on any atom is 0.336 e. The number of rotatable bonds is 5. The smallest absolute Gasteiger partial charge is 0.336 e. The van der Waals surface area contributed by atoms with Crippen molar-refractivity contribution in [3.8, 4) is 0 Å². The highest BCUT2D eigenvalue weighted by atomic mass is 16.4. The van der Waals surface area contributed by atoms with Crippen molar-refractivity contribution in [3.05, 3.63) is 48.0 Å². The van der Waals surface area contributed by atoms with Gasteiger partial charge in [0.2, 0.25) is 0 Å².